The summed E-state index contributed by atoms with van der Waals surface area (Å²) in [5.74, 6) is -4.66. The summed E-state index contributed by atoms with van der Waals surface area (Å²) in [4.78, 5) is 45.8. The van der Waals surface area contributed by atoms with Crippen molar-refractivity contribution in [1.82, 2.24) is 9.88 Å². The fourth-order valence-corrected chi connectivity index (χ4v) is 6.15. The summed E-state index contributed by atoms with van der Waals surface area (Å²) in [6.45, 7) is 3.42. The number of carbonyl (C=O) groups is 3. The number of hydrogen-bond donors (Lipinski definition) is 3. The Morgan fingerprint density at radius 1 is 0.894 bits per heavy atom. The van der Waals surface area contributed by atoms with Crippen molar-refractivity contribution < 1.29 is 32.6 Å². The van der Waals surface area contributed by atoms with Crippen molar-refractivity contribution in [2.75, 3.05) is 20.0 Å². The van der Waals surface area contributed by atoms with Gasteiger partial charge in [-0.15, -0.1) is 0 Å². The molecule has 242 valence electrons. The van der Waals surface area contributed by atoms with Crippen LogP contribution in [-0.2, 0) is 19.9 Å². The van der Waals surface area contributed by atoms with Crippen LogP contribution in [-0.4, -0.2) is 47.7 Å². The molecule has 6 N–H and O–H groups in total. The van der Waals surface area contributed by atoms with Crippen LogP contribution in [0.25, 0.3) is 22.3 Å². The standard InChI is InChI=1S/C35H33F2N5O5/c1-18(2)42-17-26(33(39)44)31(43)30(19-5-9-23(36)10-6-19)35(42,34(40)45)22-8-11-24(27(37)15-22)25-13-21(16-41-32(25)38)20-7-12-28(46-3)29(14-20)47-4/h5-18,30H,1-4H3,(H2,38,41)(H2,39,44)(H2,40,45). The third-order valence-electron chi connectivity index (χ3n) is 8.36. The lowest BCUT2D eigenvalue weighted by Crippen LogP contribution is -2.63. The number of Topliss-reactive ketones (excluding diaryl/α,β-unsaturated/α-hetero) is 1. The first-order chi connectivity index (χ1) is 22.3. The zero-order valence-electron chi connectivity index (χ0n) is 26.1. The first kappa shape index (κ1) is 32.6. The number of methoxy groups -OCH3 is 2. The maximum Gasteiger partial charge on any atom is 0.253 e. The number of ketones is 1. The van der Waals surface area contributed by atoms with E-state index in [-0.39, 0.29) is 33.6 Å². The molecule has 0 bridgehead atoms. The van der Waals surface area contributed by atoms with Gasteiger partial charge in [-0.05, 0) is 66.9 Å². The molecule has 0 aliphatic carbocycles. The molecule has 2 unspecified atom stereocenters. The lowest BCUT2D eigenvalue weighted by molar-refractivity contribution is -0.140. The fourth-order valence-electron chi connectivity index (χ4n) is 6.15. The highest BCUT2D eigenvalue weighted by Gasteiger charge is 2.58. The van der Waals surface area contributed by atoms with Crippen LogP contribution in [0.15, 0.2) is 84.7 Å². The van der Waals surface area contributed by atoms with Crippen molar-refractivity contribution >= 4 is 23.4 Å². The van der Waals surface area contributed by atoms with Crippen LogP contribution in [0.5, 0.6) is 11.5 Å². The van der Waals surface area contributed by atoms with Crippen LogP contribution < -0.4 is 26.7 Å². The van der Waals surface area contributed by atoms with Gasteiger partial charge in [-0.25, -0.2) is 13.8 Å². The lowest BCUT2D eigenvalue weighted by atomic mass is 9.66. The van der Waals surface area contributed by atoms with Crippen molar-refractivity contribution in [1.29, 1.82) is 0 Å². The third kappa shape index (κ3) is 5.51. The van der Waals surface area contributed by atoms with E-state index in [4.69, 9.17) is 26.7 Å². The average molecular weight is 642 g/mol. The highest BCUT2D eigenvalue weighted by Crippen LogP contribution is 2.49. The summed E-state index contributed by atoms with van der Waals surface area (Å²) in [6.07, 6.45) is 2.72. The smallest absolute Gasteiger partial charge is 0.253 e. The monoisotopic (exact) mass is 641 g/mol. The van der Waals surface area contributed by atoms with E-state index in [2.05, 4.69) is 4.98 Å². The van der Waals surface area contributed by atoms with Gasteiger partial charge in [0.2, 0.25) is 5.91 Å². The summed E-state index contributed by atoms with van der Waals surface area (Å²) in [5, 5.41) is 0. The van der Waals surface area contributed by atoms with Crippen molar-refractivity contribution in [3.8, 4) is 33.8 Å². The maximum atomic E-state index is 16.4. The number of nitrogens with two attached hydrogens (primary N) is 3. The minimum atomic E-state index is -2.05. The van der Waals surface area contributed by atoms with Crippen LogP contribution >= 0.6 is 0 Å². The molecule has 2 amide bonds. The Kier molecular flexibility index (Phi) is 8.70. The zero-order valence-corrected chi connectivity index (χ0v) is 26.1. The number of carbonyl (C=O) groups excluding carboxylic acids is 3. The Hall–Kier alpha value is -5.78. The van der Waals surface area contributed by atoms with Gasteiger partial charge < -0.3 is 31.6 Å². The Labute approximate surface area is 269 Å². The molecule has 5 rings (SSSR count). The molecule has 1 aliphatic rings. The second kappa shape index (κ2) is 12.5. The topological polar surface area (TPSA) is 164 Å². The Bertz CT molecular complexity index is 1930. The molecule has 12 heteroatoms. The van der Waals surface area contributed by atoms with Crippen LogP contribution in [0.3, 0.4) is 0 Å². The predicted molar refractivity (Wildman–Crippen MR) is 172 cm³/mol. The van der Waals surface area contributed by atoms with Crippen LogP contribution in [0.1, 0.15) is 30.9 Å². The van der Waals surface area contributed by atoms with E-state index in [0.717, 1.165) is 18.2 Å². The minimum Gasteiger partial charge on any atom is -0.493 e. The van der Waals surface area contributed by atoms with Crippen molar-refractivity contribution in [2.24, 2.45) is 11.5 Å². The van der Waals surface area contributed by atoms with Gasteiger partial charge in [0.1, 0.15) is 17.5 Å². The molecule has 1 aliphatic heterocycles. The molecule has 0 spiro atoms. The number of pyridine rings is 1. The zero-order chi connectivity index (χ0) is 34.2. The molecule has 0 saturated carbocycles. The quantitative estimate of drug-likeness (QED) is 0.226. The predicted octanol–water partition coefficient (Wildman–Crippen LogP) is 4.42. The van der Waals surface area contributed by atoms with E-state index in [1.165, 1.54) is 49.6 Å². The van der Waals surface area contributed by atoms with Crippen LogP contribution in [0.4, 0.5) is 14.6 Å². The average Bonchev–Trinajstić information content (AvgIpc) is 3.04. The molecular formula is C35H33F2N5O5. The highest BCUT2D eigenvalue weighted by atomic mass is 19.1. The number of ether oxygens (including phenoxy) is 2. The number of rotatable bonds is 9. The number of aromatic nitrogens is 1. The first-order valence-corrected chi connectivity index (χ1v) is 14.5. The molecule has 0 fully saturated rings. The van der Waals surface area contributed by atoms with E-state index in [1.54, 1.807) is 44.3 Å². The normalized spacial score (nSPS) is 17.8. The van der Waals surface area contributed by atoms with Crippen molar-refractivity contribution in [3.05, 3.63) is 107 Å². The number of benzene rings is 3. The first-order valence-electron chi connectivity index (χ1n) is 14.5. The highest BCUT2D eigenvalue weighted by molar-refractivity contribution is 6.23. The molecule has 0 radical (unpaired) electrons. The van der Waals surface area contributed by atoms with Gasteiger partial charge in [0.15, 0.2) is 22.8 Å². The maximum absolute atomic E-state index is 16.4. The third-order valence-corrected chi connectivity index (χ3v) is 8.36. The van der Waals surface area contributed by atoms with Gasteiger partial charge in [0.05, 0.1) is 25.7 Å². The van der Waals surface area contributed by atoms with E-state index in [1.807, 2.05) is 0 Å². The van der Waals surface area contributed by atoms with Crippen molar-refractivity contribution in [3.63, 3.8) is 0 Å². The molecule has 4 aromatic rings. The van der Waals surface area contributed by atoms with E-state index >= 15 is 4.39 Å². The summed E-state index contributed by atoms with van der Waals surface area (Å²) in [5.41, 5.74) is 17.3. The molecule has 1 aromatic heterocycles. The van der Waals surface area contributed by atoms with Crippen LogP contribution in [0, 0.1) is 11.6 Å². The molecule has 3 aromatic carbocycles. The summed E-state index contributed by atoms with van der Waals surface area (Å²) in [7, 11) is 3.03. The molecule has 2 heterocycles. The number of primary amides is 2. The Morgan fingerprint density at radius 3 is 2.15 bits per heavy atom. The number of hydrogen-bond acceptors (Lipinski definition) is 8. The molecule has 2 atom stereocenters. The molecule has 10 nitrogen and oxygen atoms in total. The number of nitrogens with zero attached hydrogens (tertiary/aromatic N) is 2. The summed E-state index contributed by atoms with van der Waals surface area (Å²) < 4.78 is 41.1. The van der Waals surface area contributed by atoms with Gasteiger partial charge >= 0.3 is 0 Å². The van der Waals surface area contributed by atoms with Gasteiger partial charge in [0, 0.05) is 35.1 Å². The van der Waals surface area contributed by atoms with Gasteiger partial charge in [-0.3, -0.25) is 14.4 Å². The molecule has 47 heavy (non-hydrogen) atoms. The molecular weight excluding hydrogens is 608 g/mol. The number of halogens is 2. The van der Waals surface area contributed by atoms with E-state index < -0.39 is 46.7 Å². The van der Waals surface area contributed by atoms with Gasteiger partial charge in [-0.2, -0.15) is 0 Å². The summed E-state index contributed by atoms with van der Waals surface area (Å²) in [6, 6.07) is 15.2. The second-order valence-corrected chi connectivity index (χ2v) is 11.3. The number of amides is 2. The minimum absolute atomic E-state index is 0.0185. The molecule has 0 saturated heterocycles. The second-order valence-electron chi connectivity index (χ2n) is 11.3. The van der Waals surface area contributed by atoms with Crippen LogP contribution in [0.2, 0.25) is 0 Å². The SMILES string of the molecule is COc1ccc(-c2cnc(N)c(-c3ccc(C4(C(N)=O)C(c5ccc(F)cc5)C(=O)C(C(N)=O)=CN4C(C)C)cc3F)c2)cc1OC. The van der Waals surface area contributed by atoms with Crippen molar-refractivity contribution in [2.45, 2.75) is 31.3 Å². The number of nitrogen functional groups attached to an aromatic ring is 1. The van der Waals surface area contributed by atoms with Gasteiger partial charge in [-0.1, -0.05) is 30.3 Å². The van der Waals surface area contributed by atoms with E-state index in [0.29, 0.717) is 22.6 Å². The van der Waals surface area contributed by atoms with E-state index in [9.17, 15) is 18.8 Å². The largest absolute Gasteiger partial charge is 0.493 e. The Morgan fingerprint density at radius 2 is 1.57 bits per heavy atom. The fraction of sp³-hybridized carbons (Fsp3) is 0.200. The lowest BCUT2D eigenvalue weighted by Gasteiger charge is -2.50. The Balaban J connectivity index is 1.71. The van der Waals surface area contributed by atoms with Gasteiger partial charge in [0.25, 0.3) is 5.91 Å². The summed E-state index contributed by atoms with van der Waals surface area (Å²) >= 11 is 0. The number of anilines is 1.